The zero-order chi connectivity index (χ0) is 10.0. The number of carbonyl (C=O) groups is 1. The molecule has 4 nitrogen and oxygen atoms in total. The Balaban J connectivity index is 3.33. The molecule has 0 amide bonds. The second-order valence-electron chi connectivity index (χ2n) is 2.62. The summed E-state index contributed by atoms with van der Waals surface area (Å²) < 4.78 is 4.39. The predicted molar refractivity (Wildman–Crippen MR) is 45.8 cm³/mol. The van der Waals surface area contributed by atoms with Crippen LogP contribution in [0.15, 0.2) is 12.1 Å². The third-order valence-electron chi connectivity index (χ3n) is 1.75. The van der Waals surface area contributed by atoms with Crippen LogP contribution in [0.1, 0.15) is 15.9 Å². The van der Waals surface area contributed by atoms with Crippen molar-refractivity contribution < 1.29 is 19.7 Å². The fourth-order valence-corrected chi connectivity index (χ4v) is 0.988. The summed E-state index contributed by atoms with van der Waals surface area (Å²) in [5.74, 6) is -1.28. The molecule has 0 fully saturated rings. The van der Waals surface area contributed by atoms with E-state index >= 15 is 0 Å². The van der Waals surface area contributed by atoms with Gasteiger partial charge in [0.25, 0.3) is 0 Å². The highest BCUT2D eigenvalue weighted by atomic mass is 16.5. The monoisotopic (exact) mass is 182 g/mol. The van der Waals surface area contributed by atoms with E-state index in [1.165, 1.54) is 19.2 Å². The Labute approximate surface area is 75.4 Å². The molecular weight excluding hydrogens is 172 g/mol. The number of methoxy groups -OCH3 is 1. The summed E-state index contributed by atoms with van der Waals surface area (Å²) in [6.45, 7) is 1.63. The number of aryl methyl sites for hydroxylation is 1. The highest BCUT2D eigenvalue weighted by molar-refractivity contribution is 5.95. The molecule has 1 aromatic rings. The lowest BCUT2D eigenvalue weighted by Gasteiger charge is -2.06. The van der Waals surface area contributed by atoms with E-state index in [9.17, 15) is 15.0 Å². The van der Waals surface area contributed by atoms with Crippen LogP contribution < -0.4 is 0 Å². The van der Waals surface area contributed by atoms with Crippen LogP contribution in [0.3, 0.4) is 0 Å². The first kappa shape index (κ1) is 9.38. The van der Waals surface area contributed by atoms with Crippen molar-refractivity contribution in [1.29, 1.82) is 0 Å². The van der Waals surface area contributed by atoms with Crippen molar-refractivity contribution in [3.8, 4) is 11.5 Å². The van der Waals surface area contributed by atoms with Crippen molar-refractivity contribution in [2.24, 2.45) is 0 Å². The SMILES string of the molecule is COC(=O)c1c(O)ccc(C)c1O. The van der Waals surface area contributed by atoms with Crippen LogP contribution in [0.5, 0.6) is 11.5 Å². The second kappa shape index (κ2) is 3.35. The highest BCUT2D eigenvalue weighted by Gasteiger charge is 2.17. The maximum absolute atomic E-state index is 11.1. The number of rotatable bonds is 1. The molecule has 70 valence electrons. The Morgan fingerprint density at radius 2 is 2.00 bits per heavy atom. The molecule has 0 unspecified atom stereocenters. The lowest BCUT2D eigenvalue weighted by molar-refractivity contribution is 0.0594. The van der Waals surface area contributed by atoms with Crippen molar-refractivity contribution >= 4 is 5.97 Å². The van der Waals surface area contributed by atoms with E-state index in [-0.39, 0.29) is 17.1 Å². The van der Waals surface area contributed by atoms with Crippen LogP contribution in [-0.4, -0.2) is 23.3 Å². The van der Waals surface area contributed by atoms with E-state index in [0.29, 0.717) is 5.56 Å². The van der Waals surface area contributed by atoms with Gasteiger partial charge in [-0.05, 0) is 18.6 Å². The summed E-state index contributed by atoms with van der Waals surface area (Å²) in [6.07, 6.45) is 0. The molecule has 0 bridgehead atoms. The number of aromatic hydroxyl groups is 2. The molecule has 4 heteroatoms. The lowest BCUT2D eigenvalue weighted by Crippen LogP contribution is -2.02. The van der Waals surface area contributed by atoms with Gasteiger partial charge in [0.2, 0.25) is 0 Å². The van der Waals surface area contributed by atoms with E-state index in [4.69, 9.17) is 0 Å². The quantitative estimate of drug-likeness (QED) is 0.640. The molecule has 0 aromatic heterocycles. The molecular formula is C9H10O4. The van der Waals surface area contributed by atoms with E-state index in [2.05, 4.69) is 4.74 Å². The minimum atomic E-state index is -0.751. The molecule has 0 heterocycles. The Bertz CT molecular complexity index is 344. The zero-order valence-electron chi connectivity index (χ0n) is 7.37. The standard InChI is InChI=1S/C9H10O4/c1-5-3-4-6(10)7(8(5)11)9(12)13-2/h3-4,10-11H,1-2H3. The summed E-state index contributed by atoms with van der Waals surface area (Å²) in [7, 11) is 1.18. The minimum absolute atomic E-state index is 0.192. The minimum Gasteiger partial charge on any atom is -0.507 e. The number of hydrogen-bond donors (Lipinski definition) is 2. The second-order valence-corrected chi connectivity index (χ2v) is 2.62. The summed E-state index contributed by atoms with van der Waals surface area (Å²) in [6, 6.07) is 2.85. The molecule has 1 aromatic carbocycles. The fraction of sp³-hybridized carbons (Fsp3) is 0.222. The van der Waals surface area contributed by atoms with Crippen LogP contribution in [0.4, 0.5) is 0 Å². The van der Waals surface area contributed by atoms with E-state index in [1.54, 1.807) is 6.92 Å². The third kappa shape index (κ3) is 1.56. The van der Waals surface area contributed by atoms with Gasteiger partial charge in [-0.1, -0.05) is 6.07 Å². The zero-order valence-corrected chi connectivity index (χ0v) is 7.37. The van der Waals surface area contributed by atoms with Crippen LogP contribution in [0.2, 0.25) is 0 Å². The van der Waals surface area contributed by atoms with Gasteiger partial charge in [0.05, 0.1) is 7.11 Å². The normalized spacial score (nSPS) is 9.69. The fourth-order valence-electron chi connectivity index (χ4n) is 0.988. The van der Waals surface area contributed by atoms with E-state index in [0.717, 1.165) is 0 Å². The number of phenolic OH excluding ortho intramolecular Hbond substituents is 2. The molecule has 0 aliphatic rings. The Morgan fingerprint density at radius 3 is 2.54 bits per heavy atom. The first-order valence-electron chi connectivity index (χ1n) is 3.67. The predicted octanol–water partition coefficient (Wildman–Crippen LogP) is 1.19. The average molecular weight is 182 g/mol. The van der Waals surface area contributed by atoms with Gasteiger partial charge in [-0.25, -0.2) is 4.79 Å². The third-order valence-corrected chi connectivity index (χ3v) is 1.75. The lowest BCUT2D eigenvalue weighted by atomic mass is 10.1. The van der Waals surface area contributed by atoms with Gasteiger partial charge in [0, 0.05) is 0 Å². The molecule has 0 radical (unpaired) electrons. The molecule has 0 aliphatic heterocycles. The summed E-state index contributed by atoms with van der Waals surface area (Å²) >= 11 is 0. The van der Waals surface area contributed by atoms with Gasteiger partial charge >= 0.3 is 5.97 Å². The topological polar surface area (TPSA) is 66.8 Å². The van der Waals surface area contributed by atoms with Crippen molar-refractivity contribution in [2.75, 3.05) is 7.11 Å². The van der Waals surface area contributed by atoms with Crippen LogP contribution in [-0.2, 0) is 4.74 Å². The average Bonchev–Trinajstić information content (AvgIpc) is 2.12. The number of esters is 1. The van der Waals surface area contributed by atoms with Gasteiger partial charge in [-0.15, -0.1) is 0 Å². The molecule has 0 spiro atoms. The molecule has 1 rings (SSSR count). The molecule has 0 saturated heterocycles. The number of hydrogen-bond acceptors (Lipinski definition) is 4. The number of carbonyl (C=O) groups excluding carboxylic acids is 1. The summed E-state index contributed by atoms with van der Waals surface area (Å²) in [5, 5.41) is 18.7. The maximum atomic E-state index is 11.1. The Kier molecular flexibility index (Phi) is 2.41. The highest BCUT2D eigenvalue weighted by Crippen LogP contribution is 2.30. The van der Waals surface area contributed by atoms with Crippen molar-refractivity contribution in [2.45, 2.75) is 6.92 Å². The van der Waals surface area contributed by atoms with Crippen LogP contribution in [0.25, 0.3) is 0 Å². The smallest absolute Gasteiger partial charge is 0.345 e. The summed E-state index contributed by atoms with van der Waals surface area (Å²) in [4.78, 5) is 11.1. The van der Waals surface area contributed by atoms with Gasteiger partial charge in [0.1, 0.15) is 17.1 Å². The number of benzene rings is 1. The first-order valence-corrected chi connectivity index (χ1v) is 3.67. The molecule has 0 aliphatic carbocycles. The molecule has 2 N–H and O–H groups in total. The number of phenols is 2. The maximum Gasteiger partial charge on any atom is 0.345 e. The van der Waals surface area contributed by atoms with Gasteiger partial charge in [-0.2, -0.15) is 0 Å². The Hall–Kier alpha value is -1.71. The molecule has 0 atom stereocenters. The van der Waals surface area contributed by atoms with Crippen LogP contribution in [0, 0.1) is 6.92 Å². The largest absolute Gasteiger partial charge is 0.507 e. The molecule has 0 saturated carbocycles. The first-order chi connectivity index (χ1) is 6.07. The molecule has 13 heavy (non-hydrogen) atoms. The van der Waals surface area contributed by atoms with Crippen molar-refractivity contribution in [3.05, 3.63) is 23.3 Å². The van der Waals surface area contributed by atoms with Crippen LogP contribution >= 0.6 is 0 Å². The van der Waals surface area contributed by atoms with Gasteiger partial charge < -0.3 is 14.9 Å². The van der Waals surface area contributed by atoms with Gasteiger partial charge in [0.15, 0.2) is 0 Å². The Morgan fingerprint density at radius 1 is 1.38 bits per heavy atom. The number of ether oxygens (including phenoxy) is 1. The van der Waals surface area contributed by atoms with Gasteiger partial charge in [-0.3, -0.25) is 0 Å². The van der Waals surface area contributed by atoms with Crippen molar-refractivity contribution in [3.63, 3.8) is 0 Å². The van der Waals surface area contributed by atoms with E-state index < -0.39 is 5.97 Å². The van der Waals surface area contributed by atoms with E-state index in [1.807, 2.05) is 0 Å². The van der Waals surface area contributed by atoms with Crippen molar-refractivity contribution in [1.82, 2.24) is 0 Å². The summed E-state index contributed by atoms with van der Waals surface area (Å²) in [5.41, 5.74) is 0.320.